The van der Waals surface area contributed by atoms with Gasteiger partial charge in [-0.2, -0.15) is 0 Å². The van der Waals surface area contributed by atoms with E-state index in [0.29, 0.717) is 13.0 Å². The lowest BCUT2D eigenvalue weighted by molar-refractivity contribution is 0.00406. The summed E-state index contributed by atoms with van der Waals surface area (Å²) < 4.78 is 4.91. The van der Waals surface area contributed by atoms with Crippen molar-refractivity contribution in [1.82, 2.24) is 9.97 Å². The Balaban J connectivity index is 0.000000146. The summed E-state index contributed by atoms with van der Waals surface area (Å²) in [7, 11) is 0. The van der Waals surface area contributed by atoms with E-state index in [1.54, 1.807) is 18.5 Å². The van der Waals surface area contributed by atoms with Gasteiger partial charge in [0.25, 0.3) is 0 Å². The summed E-state index contributed by atoms with van der Waals surface area (Å²) in [5.74, 6) is 0. The van der Waals surface area contributed by atoms with Gasteiger partial charge < -0.3 is 14.9 Å². The normalized spacial score (nSPS) is 25.3. The Labute approximate surface area is 82.4 Å². The van der Waals surface area contributed by atoms with Gasteiger partial charge in [-0.25, -0.2) is 9.97 Å². The molecule has 0 amide bonds. The third-order valence-electron chi connectivity index (χ3n) is 1.83. The van der Waals surface area contributed by atoms with Crippen LogP contribution in [-0.4, -0.2) is 45.6 Å². The highest BCUT2D eigenvalue weighted by Gasteiger charge is 2.24. The van der Waals surface area contributed by atoms with E-state index < -0.39 is 6.10 Å². The van der Waals surface area contributed by atoms with Gasteiger partial charge in [0, 0.05) is 19.0 Å². The molecule has 0 radical (unpaired) electrons. The second kappa shape index (κ2) is 6.42. The zero-order chi connectivity index (χ0) is 10.2. The minimum absolute atomic E-state index is 0.0683. The molecule has 2 N–H and O–H groups in total. The van der Waals surface area contributed by atoms with Crippen LogP contribution in [0.1, 0.15) is 6.42 Å². The van der Waals surface area contributed by atoms with Crippen LogP contribution in [0.15, 0.2) is 24.8 Å². The lowest BCUT2D eigenvalue weighted by atomic mass is 10.2. The molecule has 1 fully saturated rings. The Kier molecular flexibility index (Phi) is 5.06. The van der Waals surface area contributed by atoms with Crippen LogP contribution in [0.25, 0.3) is 0 Å². The van der Waals surface area contributed by atoms with E-state index in [-0.39, 0.29) is 12.7 Å². The van der Waals surface area contributed by atoms with Gasteiger partial charge in [-0.3, -0.25) is 0 Å². The van der Waals surface area contributed by atoms with Crippen LogP contribution < -0.4 is 0 Å². The SMILES string of the molecule is OC[C@H]1OCC[C@@H]1O.c1cncnc1. The molecule has 0 saturated carbocycles. The maximum absolute atomic E-state index is 8.90. The molecule has 1 aromatic heterocycles. The molecular weight excluding hydrogens is 184 g/mol. The zero-order valence-corrected chi connectivity index (χ0v) is 7.78. The smallest absolute Gasteiger partial charge is 0.115 e. The van der Waals surface area contributed by atoms with Crippen LogP contribution in [0.2, 0.25) is 0 Å². The van der Waals surface area contributed by atoms with E-state index in [0.717, 1.165) is 0 Å². The first-order valence-electron chi connectivity index (χ1n) is 4.45. The highest BCUT2D eigenvalue weighted by molar-refractivity contribution is 4.74. The van der Waals surface area contributed by atoms with Crippen LogP contribution >= 0.6 is 0 Å². The van der Waals surface area contributed by atoms with Crippen LogP contribution in [0.3, 0.4) is 0 Å². The lowest BCUT2D eigenvalue weighted by Gasteiger charge is -2.07. The van der Waals surface area contributed by atoms with Gasteiger partial charge in [-0.1, -0.05) is 0 Å². The molecular formula is C9H14N2O3. The van der Waals surface area contributed by atoms with Crippen LogP contribution in [0.5, 0.6) is 0 Å². The Hall–Kier alpha value is -1.04. The Morgan fingerprint density at radius 1 is 1.36 bits per heavy atom. The van der Waals surface area contributed by atoms with Gasteiger partial charge in [0.2, 0.25) is 0 Å². The lowest BCUT2D eigenvalue weighted by Crippen LogP contribution is -2.24. The molecule has 1 saturated heterocycles. The zero-order valence-electron chi connectivity index (χ0n) is 7.78. The second-order valence-electron chi connectivity index (χ2n) is 2.85. The second-order valence-corrected chi connectivity index (χ2v) is 2.85. The van der Waals surface area contributed by atoms with Gasteiger partial charge >= 0.3 is 0 Å². The molecule has 14 heavy (non-hydrogen) atoms. The number of rotatable bonds is 1. The highest BCUT2D eigenvalue weighted by atomic mass is 16.5. The molecule has 1 aliphatic rings. The summed E-state index contributed by atoms with van der Waals surface area (Å²) in [5.41, 5.74) is 0. The van der Waals surface area contributed by atoms with E-state index >= 15 is 0 Å². The number of aromatic nitrogens is 2. The Morgan fingerprint density at radius 2 is 2.07 bits per heavy atom. The van der Waals surface area contributed by atoms with E-state index in [2.05, 4.69) is 9.97 Å². The standard InChI is InChI=1S/C5H10O3.C4H4N2/c6-3-5-4(7)1-2-8-5;1-2-5-4-6-3-1/h4-7H,1-3H2;1-4H/t4-,5+;/m0./s1. The molecule has 0 bridgehead atoms. The monoisotopic (exact) mass is 198 g/mol. The summed E-state index contributed by atoms with van der Waals surface area (Å²) >= 11 is 0. The topological polar surface area (TPSA) is 75.5 Å². The van der Waals surface area contributed by atoms with Crippen molar-refractivity contribution < 1.29 is 14.9 Å². The number of aliphatic hydroxyl groups is 2. The predicted molar refractivity (Wildman–Crippen MR) is 49.5 cm³/mol. The van der Waals surface area contributed by atoms with Crippen molar-refractivity contribution in [2.24, 2.45) is 0 Å². The third kappa shape index (κ3) is 3.78. The van der Waals surface area contributed by atoms with Crippen LogP contribution in [0, 0.1) is 0 Å². The van der Waals surface area contributed by atoms with Crippen LogP contribution in [0.4, 0.5) is 0 Å². The van der Waals surface area contributed by atoms with Gasteiger partial charge in [0.15, 0.2) is 0 Å². The molecule has 1 aromatic rings. The highest BCUT2D eigenvalue weighted by Crippen LogP contribution is 2.11. The number of aliphatic hydroxyl groups excluding tert-OH is 2. The van der Waals surface area contributed by atoms with Gasteiger partial charge in [0.1, 0.15) is 12.4 Å². The Morgan fingerprint density at radius 3 is 2.29 bits per heavy atom. The number of hydrogen-bond acceptors (Lipinski definition) is 5. The maximum Gasteiger partial charge on any atom is 0.115 e. The molecule has 0 aromatic carbocycles. The van der Waals surface area contributed by atoms with Crippen LogP contribution in [-0.2, 0) is 4.74 Å². The summed E-state index contributed by atoms with van der Waals surface area (Å²) in [6, 6.07) is 1.78. The van der Waals surface area contributed by atoms with Crippen molar-refractivity contribution in [3.8, 4) is 0 Å². The summed E-state index contributed by atoms with van der Waals surface area (Å²) in [5, 5.41) is 17.4. The largest absolute Gasteiger partial charge is 0.394 e. The Bertz CT molecular complexity index is 206. The summed E-state index contributed by atoms with van der Waals surface area (Å²) in [6.45, 7) is 0.508. The summed E-state index contributed by atoms with van der Waals surface area (Å²) in [6.07, 6.45) is 4.76. The quantitative estimate of drug-likeness (QED) is 0.642. The molecule has 2 atom stereocenters. The van der Waals surface area contributed by atoms with E-state index in [1.807, 2.05) is 0 Å². The van der Waals surface area contributed by atoms with E-state index in [1.165, 1.54) is 6.33 Å². The predicted octanol–water partition coefficient (Wildman–Crippen LogP) is -0.395. The average Bonchev–Trinajstić information content (AvgIpc) is 2.67. The molecule has 0 spiro atoms. The van der Waals surface area contributed by atoms with Crippen molar-refractivity contribution >= 4 is 0 Å². The fraction of sp³-hybridized carbons (Fsp3) is 0.556. The minimum Gasteiger partial charge on any atom is -0.394 e. The number of hydrogen-bond donors (Lipinski definition) is 2. The van der Waals surface area contributed by atoms with Gasteiger partial charge in [-0.15, -0.1) is 0 Å². The minimum atomic E-state index is -0.444. The number of nitrogens with zero attached hydrogens (tertiary/aromatic N) is 2. The van der Waals surface area contributed by atoms with Crippen molar-refractivity contribution in [2.75, 3.05) is 13.2 Å². The van der Waals surface area contributed by atoms with Crippen molar-refractivity contribution in [1.29, 1.82) is 0 Å². The molecule has 0 unspecified atom stereocenters. The number of ether oxygens (including phenoxy) is 1. The van der Waals surface area contributed by atoms with Gasteiger partial charge in [-0.05, 0) is 12.5 Å². The van der Waals surface area contributed by atoms with Crippen molar-refractivity contribution in [3.05, 3.63) is 24.8 Å². The first-order valence-corrected chi connectivity index (χ1v) is 4.45. The van der Waals surface area contributed by atoms with Gasteiger partial charge in [0.05, 0.1) is 12.7 Å². The van der Waals surface area contributed by atoms with E-state index in [9.17, 15) is 0 Å². The first kappa shape index (κ1) is 11.0. The molecule has 5 heteroatoms. The fourth-order valence-electron chi connectivity index (χ4n) is 1.06. The molecule has 1 aliphatic heterocycles. The molecule has 78 valence electrons. The molecule has 0 aliphatic carbocycles. The molecule has 5 nitrogen and oxygen atoms in total. The average molecular weight is 198 g/mol. The van der Waals surface area contributed by atoms with Crippen molar-refractivity contribution in [3.63, 3.8) is 0 Å². The molecule has 2 rings (SSSR count). The molecule has 2 heterocycles. The first-order chi connectivity index (χ1) is 6.84. The maximum atomic E-state index is 8.90. The summed E-state index contributed by atoms with van der Waals surface area (Å²) in [4.78, 5) is 7.35. The fourth-order valence-corrected chi connectivity index (χ4v) is 1.06. The third-order valence-corrected chi connectivity index (χ3v) is 1.83. The van der Waals surface area contributed by atoms with E-state index in [4.69, 9.17) is 14.9 Å². The van der Waals surface area contributed by atoms with Crippen molar-refractivity contribution in [2.45, 2.75) is 18.6 Å².